The molecule has 1 amide bonds. The van der Waals surface area contributed by atoms with Gasteiger partial charge in [0.1, 0.15) is 6.42 Å². The number of aromatic nitrogens is 2. The predicted octanol–water partition coefficient (Wildman–Crippen LogP) is 4.31. The topological polar surface area (TPSA) is 47.4 Å². The van der Waals surface area contributed by atoms with Crippen molar-refractivity contribution in [1.29, 1.82) is 0 Å². The van der Waals surface area contributed by atoms with Crippen LogP contribution in [0.25, 0.3) is 11.1 Å². The molecule has 2 aromatic rings. The molecule has 0 atom stereocenters. The molecule has 0 radical (unpaired) electrons. The maximum Gasteiger partial charge on any atom is 0.397 e. The number of nitrogens with zero attached hydrogens (tertiary/aromatic N) is 3. The van der Waals surface area contributed by atoms with Gasteiger partial charge in [-0.3, -0.25) is 9.48 Å². The minimum atomic E-state index is -4.52. The molecular formula is C22H24F3N3O2. The van der Waals surface area contributed by atoms with Crippen molar-refractivity contribution in [3.8, 4) is 11.1 Å². The number of halogens is 3. The zero-order chi connectivity index (χ0) is 20.9. The average Bonchev–Trinajstić information content (AvgIpc) is 3.30. The Labute approximate surface area is 172 Å². The quantitative estimate of drug-likeness (QED) is 0.742. The number of hydrogen-bond donors (Lipinski definition) is 0. The fraction of sp³-hybridized carbons (Fsp3) is 0.545. The highest BCUT2D eigenvalue weighted by atomic mass is 19.4. The highest BCUT2D eigenvalue weighted by molar-refractivity contribution is 5.97. The van der Waals surface area contributed by atoms with Gasteiger partial charge in [-0.05, 0) is 54.9 Å². The van der Waals surface area contributed by atoms with E-state index in [1.807, 2.05) is 29.2 Å². The average molecular weight is 419 g/mol. The van der Waals surface area contributed by atoms with Crippen LogP contribution < -0.4 is 4.90 Å². The van der Waals surface area contributed by atoms with Crippen molar-refractivity contribution in [3.63, 3.8) is 0 Å². The monoisotopic (exact) mass is 419 g/mol. The van der Waals surface area contributed by atoms with Crippen LogP contribution in [0.15, 0.2) is 30.6 Å². The highest BCUT2D eigenvalue weighted by Gasteiger charge is 2.47. The third-order valence-corrected chi connectivity index (χ3v) is 6.53. The first-order chi connectivity index (χ1) is 14.3. The van der Waals surface area contributed by atoms with E-state index < -0.39 is 18.5 Å². The van der Waals surface area contributed by atoms with Gasteiger partial charge in [0.15, 0.2) is 0 Å². The van der Waals surface area contributed by atoms with Gasteiger partial charge < -0.3 is 9.64 Å². The van der Waals surface area contributed by atoms with Crippen LogP contribution in [0, 0.1) is 5.92 Å². The second-order valence-electron chi connectivity index (χ2n) is 8.79. The third kappa shape index (κ3) is 3.73. The Bertz CT molecular complexity index is 959. The predicted molar refractivity (Wildman–Crippen MR) is 105 cm³/mol. The standard InChI is InChI=1S/C22H24F3N3O2/c23-22(24,25)10-20(29)28-14-21(5-7-30-8-6-21)18-9-16(3-4-19(18)28)17-11-26-27(13-17)12-15-1-2-15/h3-4,9,11,13,15H,1-2,5-8,10,12,14H2. The Hall–Kier alpha value is -2.35. The Morgan fingerprint density at radius 3 is 2.67 bits per heavy atom. The molecule has 1 aliphatic carbocycles. The van der Waals surface area contributed by atoms with Crippen LogP contribution in [0.5, 0.6) is 0 Å². The SMILES string of the molecule is O=C(CC(F)(F)F)N1CC2(CCOCC2)c2cc(-c3cnn(CC4CC4)c3)ccc21. The van der Waals surface area contributed by atoms with E-state index in [9.17, 15) is 18.0 Å². The molecule has 3 aliphatic rings. The molecular weight excluding hydrogens is 395 g/mol. The molecule has 0 unspecified atom stereocenters. The molecule has 2 aliphatic heterocycles. The van der Waals surface area contributed by atoms with Crippen LogP contribution >= 0.6 is 0 Å². The van der Waals surface area contributed by atoms with Gasteiger partial charge in [-0.25, -0.2) is 0 Å². The van der Waals surface area contributed by atoms with Crippen LogP contribution in [-0.4, -0.2) is 41.6 Å². The summed E-state index contributed by atoms with van der Waals surface area (Å²) in [7, 11) is 0. The molecule has 5 nitrogen and oxygen atoms in total. The first-order valence-electron chi connectivity index (χ1n) is 10.5. The number of alkyl halides is 3. The number of ether oxygens (including phenoxy) is 1. The molecule has 1 spiro atoms. The Morgan fingerprint density at radius 2 is 1.97 bits per heavy atom. The van der Waals surface area contributed by atoms with Gasteiger partial charge in [-0.1, -0.05) is 6.07 Å². The lowest BCUT2D eigenvalue weighted by Gasteiger charge is -2.34. The molecule has 30 heavy (non-hydrogen) atoms. The molecule has 3 heterocycles. The lowest BCUT2D eigenvalue weighted by molar-refractivity contribution is -0.152. The fourth-order valence-corrected chi connectivity index (χ4v) is 4.71. The van der Waals surface area contributed by atoms with Crippen molar-refractivity contribution in [2.24, 2.45) is 5.92 Å². The maximum absolute atomic E-state index is 12.9. The summed E-state index contributed by atoms with van der Waals surface area (Å²) in [5.74, 6) is -0.173. The zero-order valence-electron chi connectivity index (χ0n) is 16.6. The Morgan fingerprint density at radius 1 is 1.20 bits per heavy atom. The molecule has 160 valence electrons. The van der Waals surface area contributed by atoms with Crippen molar-refractivity contribution in [1.82, 2.24) is 9.78 Å². The minimum Gasteiger partial charge on any atom is -0.381 e. The number of carbonyl (C=O) groups excluding carboxylic acids is 1. The van der Waals surface area contributed by atoms with Crippen molar-refractivity contribution < 1.29 is 22.7 Å². The summed E-state index contributed by atoms with van der Waals surface area (Å²) < 4.78 is 46.1. The summed E-state index contributed by atoms with van der Waals surface area (Å²) in [5, 5.41) is 4.46. The zero-order valence-corrected chi connectivity index (χ0v) is 16.6. The van der Waals surface area contributed by atoms with E-state index in [0.29, 0.717) is 31.7 Å². The number of carbonyl (C=O) groups is 1. The van der Waals surface area contributed by atoms with E-state index in [4.69, 9.17) is 4.74 Å². The number of anilines is 1. The summed E-state index contributed by atoms with van der Waals surface area (Å²) in [4.78, 5) is 13.8. The number of benzene rings is 1. The van der Waals surface area contributed by atoms with E-state index in [2.05, 4.69) is 5.10 Å². The van der Waals surface area contributed by atoms with Crippen molar-refractivity contribution in [3.05, 3.63) is 36.2 Å². The summed E-state index contributed by atoms with van der Waals surface area (Å²) in [6, 6.07) is 5.71. The van der Waals surface area contributed by atoms with Crippen molar-refractivity contribution in [2.45, 2.75) is 50.2 Å². The van der Waals surface area contributed by atoms with Gasteiger partial charge in [0.05, 0.1) is 6.20 Å². The van der Waals surface area contributed by atoms with Crippen LogP contribution in [0.4, 0.5) is 18.9 Å². The van der Waals surface area contributed by atoms with Gasteiger partial charge in [0.2, 0.25) is 5.91 Å². The fourth-order valence-electron chi connectivity index (χ4n) is 4.71. The van der Waals surface area contributed by atoms with Crippen LogP contribution in [0.3, 0.4) is 0 Å². The lowest BCUT2D eigenvalue weighted by Crippen LogP contribution is -2.41. The second kappa shape index (κ2) is 7.11. The van der Waals surface area contributed by atoms with Crippen molar-refractivity contribution >= 4 is 11.6 Å². The number of rotatable bonds is 4. The van der Waals surface area contributed by atoms with E-state index >= 15 is 0 Å². The van der Waals surface area contributed by atoms with Gasteiger partial charge in [0.25, 0.3) is 0 Å². The smallest absolute Gasteiger partial charge is 0.381 e. The first-order valence-corrected chi connectivity index (χ1v) is 10.5. The first kappa shape index (κ1) is 19.6. The Balaban J connectivity index is 1.49. The van der Waals surface area contributed by atoms with Gasteiger partial charge >= 0.3 is 6.18 Å². The minimum absolute atomic E-state index is 0.283. The van der Waals surface area contributed by atoms with Crippen molar-refractivity contribution in [2.75, 3.05) is 24.7 Å². The van der Waals surface area contributed by atoms with Crippen LogP contribution in [0.2, 0.25) is 0 Å². The summed E-state index contributed by atoms with van der Waals surface area (Å²) in [5.41, 5.74) is 3.16. The highest BCUT2D eigenvalue weighted by Crippen LogP contribution is 2.48. The van der Waals surface area contributed by atoms with E-state index in [1.54, 1.807) is 6.07 Å². The number of hydrogen-bond acceptors (Lipinski definition) is 3. The molecule has 5 rings (SSSR count). The van der Waals surface area contributed by atoms with Gasteiger partial charge in [-0.15, -0.1) is 0 Å². The van der Waals surface area contributed by atoms with Crippen LogP contribution in [-0.2, 0) is 21.5 Å². The van der Waals surface area contributed by atoms with E-state index in [-0.39, 0.29) is 12.0 Å². The third-order valence-electron chi connectivity index (χ3n) is 6.53. The molecule has 8 heteroatoms. The second-order valence-corrected chi connectivity index (χ2v) is 8.79. The molecule has 1 aromatic heterocycles. The number of fused-ring (bicyclic) bond motifs is 2. The summed E-state index contributed by atoms with van der Waals surface area (Å²) >= 11 is 0. The molecule has 0 bridgehead atoms. The van der Waals surface area contributed by atoms with Gasteiger partial charge in [0, 0.05) is 49.2 Å². The number of amides is 1. The van der Waals surface area contributed by atoms with Crippen LogP contribution in [0.1, 0.15) is 37.7 Å². The lowest BCUT2D eigenvalue weighted by atomic mass is 9.75. The maximum atomic E-state index is 12.9. The van der Waals surface area contributed by atoms with E-state index in [1.165, 1.54) is 17.7 Å². The summed E-state index contributed by atoms with van der Waals surface area (Å²) in [6.45, 7) is 2.30. The molecule has 1 saturated carbocycles. The molecule has 1 saturated heterocycles. The Kier molecular flexibility index (Phi) is 4.65. The van der Waals surface area contributed by atoms with Gasteiger partial charge in [-0.2, -0.15) is 18.3 Å². The molecule has 0 N–H and O–H groups in total. The normalized spacial score (nSPS) is 20.6. The molecule has 1 aromatic carbocycles. The van der Waals surface area contributed by atoms with E-state index in [0.717, 1.165) is 29.2 Å². The summed E-state index contributed by atoms with van der Waals surface area (Å²) in [6.07, 6.45) is 1.80. The largest absolute Gasteiger partial charge is 0.397 e. The molecule has 2 fully saturated rings.